The molecule has 2 aromatic rings. The van der Waals surface area contributed by atoms with Crippen LogP contribution in [-0.4, -0.2) is 50.2 Å². The van der Waals surface area contributed by atoms with Gasteiger partial charge in [0.25, 0.3) is 0 Å². The third-order valence-corrected chi connectivity index (χ3v) is 7.17. The molecule has 2 heterocycles. The van der Waals surface area contributed by atoms with E-state index in [1.807, 2.05) is 30.5 Å². The van der Waals surface area contributed by atoms with E-state index >= 15 is 0 Å². The summed E-state index contributed by atoms with van der Waals surface area (Å²) in [5, 5.41) is 17.7. The Labute approximate surface area is 190 Å². The van der Waals surface area contributed by atoms with Crippen LogP contribution in [0.25, 0.3) is 5.69 Å². The lowest BCUT2D eigenvalue weighted by molar-refractivity contribution is -0.143. The van der Waals surface area contributed by atoms with Crippen molar-refractivity contribution < 1.29 is 14.6 Å². The first-order valence-electron chi connectivity index (χ1n) is 11.9. The number of benzene rings is 1. The van der Waals surface area contributed by atoms with Gasteiger partial charge >= 0.3 is 5.97 Å². The highest BCUT2D eigenvalue weighted by Gasteiger charge is 2.30. The smallest absolute Gasteiger partial charge is 0.306 e. The van der Waals surface area contributed by atoms with Crippen LogP contribution < -0.4 is 4.74 Å². The van der Waals surface area contributed by atoms with Crippen molar-refractivity contribution in [3.8, 4) is 11.4 Å². The van der Waals surface area contributed by atoms with Gasteiger partial charge in [0.1, 0.15) is 5.75 Å². The van der Waals surface area contributed by atoms with Gasteiger partial charge < -0.3 is 9.84 Å². The number of carboxylic acids is 1. The molecule has 0 radical (unpaired) electrons. The Kier molecular flexibility index (Phi) is 6.84. The largest absolute Gasteiger partial charge is 0.490 e. The van der Waals surface area contributed by atoms with Crippen molar-refractivity contribution in [2.24, 2.45) is 17.3 Å². The molecule has 2 aliphatic rings. The molecule has 1 aromatic heterocycles. The van der Waals surface area contributed by atoms with Crippen LogP contribution >= 0.6 is 0 Å². The SMILES string of the molecule is CC(C)(C)C1CCC(Oc2ccc(-n3cc(CN4CCC(C(=O)O)CC4)nn3)cc2)CC1. The number of carbonyl (C=O) groups is 1. The van der Waals surface area contributed by atoms with Gasteiger partial charge in [0.15, 0.2) is 0 Å². The van der Waals surface area contributed by atoms with Crippen LogP contribution in [0.3, 0.4) is 0 Å². The zero-order valence-corrected chi connectivity index (χ0v) is 19.5. The highest BCUT2D eigenvalue weighted by molar-refractivity contribution is 5.70. The Balaban J connectivity index is 1.28. The first-order valence-corrected chi connectivity index (χ1v) is 11.9. The molecular formula is C25H36N4O3. The molecule has 0 bridgehead atoms. The highest BCUT2D eigenvalue weighted by Crippen LogP contribution is 2.38. The average Bonchev–Trinajstić information content (AvgIpc) is 3.23. The standard InChI is InChI=1S/C25H36N4O3/c1-25(2,3)19-4-8-22(9-5-19)32-23-10-6-21(7-11-23)29-17-20(26-27-29)16-28-14-12-18(13-15-28)24(30)31/h6-7,10-11,17-19,22H,4-5,8-9,12-16H2,1-3H3,(H,30,31). The fourth-order valence-electron chi connectivity index (χ4n) is 4.98. The van der Waals surface area contributed by atoms with Gasteiger partial charge in [-0.25, -0.2) is 4.68 Å². The zero-order valence-electron chi connectivity index (χ0n) is 19.5. The van der Waals surface area contributed by atoms with Crippen molar-refractivity contribution in [2.75, 3.05) is 13.1 Å². The Bertz CT molecular complexity index is 887. The number of nitrogens with zero attached hydrogens (tertiary/aromatic N) is 4. The molecule has 0 spiro atoms. The number of piperidine rings is 1. The second-order valence-corrected chi connectivity index (χ2v) is 10.5. The third kappa shape index (κ3) is 5.68. The van der Waals surface area contributed by atoms with Gasteiger partial charge in [-0.3, -0.25) is 9.69 Å². The van der Waals surface area contributed by atoms with E-state index in [9.17, 15) is 4.79 Å². The average molecular weight is 441 g/mol. The molecule has 1 saturated heterocycles. The van der Waals surface area contributed by atoms with Crippen molar-refractivity contribution in [1.29, 1.82) is 0 Å². The molecule has 7 heteroatoms. The number of hydrogen-bond acceptors (Lipinski definition) is 5. The van der Waals surface area contributed by atoms with Gasteiger partial charge in [-0.15, -0.1) is 5.10 Å². The minimum Gasteiger partial charge on any atom is -0.490 e. The van der Waals surface area contributed by atoms with Gasteiger partial charge in [-0.2, -0.15) is 0 Å². The molecule has 4 rings (SSSR count). The fourth-order valence-corrected chi connectivity index (χ4v) is 4.98. The van der Waals surface area contributed by atoms with Gasteiger partial charge in [-0.1, -0.05) is 26.0 Å². The van der Waals surface area contributed by atoms with Crippen molar-refractivity contribution in [1.82, 2.24) is 19.9 Å². The van der Waals surface area contributed by atoms with Crippen LogP contribution in [0.15, 0.2) is 30.5 Å². The summed E-state index contributed by atoms with van der Waals surface area (Å²) in [5.41, 5.74) is 2.24. The number of carboxylic acid groups (broad SMARTS) is 1. The topological polar surface area (TPSA) is 80.5 Å². The summed E-state index contributed by atoms with van der Waals surface area (Å²) in [6, 6.07) is 8.08. The molecule has 0 atom stereocenters. The molecule has 1 aliphatic heterocycles. The number of likely N-dealkylation sites (tertiary alicyclic amines) is 1. The minimum absolute atomic E-state index is 0.212. The van der Waals surface area contributed by atoms with E-state index in [4.69, 9.17) is 9.84 Å². The van der Waals surface area contributed by atoms with E-state index in [1.165, 1.54) is 12.8 Å². The van der Waals surface area contributed by atoms with Crippen LogP contribution in [-0.2, 0) is 11.3 Å². The number of hydrogen-bond donors (Lipinski definition) is 1. The Morgan fingerprint density at radius 1 is 1.06 bits per heavy atom. The maximum Gasteiger partial charge on any atom is 0.306 e. The number of aliphatic carboxylic acids is 1. The van der Waals surface area contributed by atoms with Crippen LogP contribution in [0, 0.1) is 17.3 Å². The summed E-state index contributed by atoms with van der Waals surface area (Å²) < 4.78 is 8.03. The summed E-state index contributed by atoms with van der Waals surface area (Å²) in [5.74, 6) is 0.807. The molecular weight excluding hydrogens is 404 g/mol. The van der Waals surface area contributed by atoms with Gasteiger partial charge in [-0.05, 0) is 87.2 Å². The van der Waals surface area contributed by atoms with Crippen LogP contribution in [0.2, 0.25) is 0 Å². The molecule has 32 heavy (non-hydrogen) atoms. The molecule has 1 aromatic carbocycles. The van der Waals surface area contributed by atoms with E-state index in [2.05, 4.69) is 36.0 Å². The number of ether oxygens (including phenoxy) is 1. The van der Waals surface area contributed by atoms with E-state index in [1.54, 1.807) is 4.68 Å². The molecule has 2 fully saturated rings. The van der Waals surface area contributed by atoms with Crippen LogP contribution in [0.5, 0.6) is 5.75 Å². The molecule has 7 nitrogen and oxygen atoms in total. The normalized spacial score (nSPS) is 23.2. The minimum atomic E-state index is -0.680. The molecule has 174 valence electrons. The molecule has 1 saturated carbocycles. The van der Waals surface area contributed by atoms with Gasteiger partial charge in [0.2, 0.25) is 0 Å². The second kappa shape index (κ2) is 9.61. The van der Waals surface area contributed by atoms with Crippen molar-refractivity contribution in [3.63, 3.8) is 0 Å². The molecule has 1 aliphatic carbocycles. The van der Waals surface area contributed by atoms with Crippen molar-refractivity contribution in [3.05, 3.63) is 36.2 Å². The summed E-state index contributed by atoms with van der Waals surface area (Å²) >= 11 is 0. The quantitative estimate of drug-likeness (QED) is 0.710. The van der Waals surface area contributed by atoms with Gasteiger partial charge in [0, 0.05) is 6.54 Å². The monoisotopic (exact) mass is 440 g/mol. The molecule has 1 N–H and O–H groups in total. The lowest BCUT2D eigenvalue weighted by Crippen LogP contribution is -2.35. The fraction of sp³-hybridized carbons (Fsp3) is 0.640. The maximum atomic E-state index is 11.1. The van der Waals surface area contributed by atoms with Crippen molar-refractivity contribution >= 4 is 5.97 Å². The maximum absolute atomic E-state index is 11.1. The lowest BCUT2D eigenvalue weighted by atomic mass is 9.72. The summed E-state index contributed by atoms with van der Waals surface area (Å²) in [6.45, 7) is 9.29. The first kappa shape index (κ1) is 22.8. The van der Waals surface area contributed by atoms with Crippen LogP contribution in [0.4, 0.5) is 0 Å². The predicted molar refractivity (Wildman–Crippen MR) is 123 cm³/mol. The Morgan fingerprint density at radius 2 is 1.72 bits per heavy atom. The summed E-state index contributed by atoms with van der Waals surface area (Å²) in [7, 11) is 0. The first-order chi connectivity index (χ1) is 15.3. The summed E-state index contributed by atoms with van der Waals surface area (Å²) in [6.07, 6.45) is 8.38. The highest BCUT2D eigenvalue weighted by atomic mass is 16.5. The summed E-state index contributed by atoms with van der Waals surface area (Å²) in [4.78, 5) is 13.4. The van der Waals surface area contributed by atoms with Crippen LogP contribution in [0.1, 0.15) is 65.0 Å². The third-order valence-electron chi connectivity index (χ3n) is 7.17. The second-order valence-electron chi connectivity index (χ2n) is 10.5. The Morgan fingerprint density at radius 3 is 2.31 bits per heavy atom. The Hall–Kier alpha value is -2.41. The molecule has 0 unspecified atom stereocenters. The van der Waals surface area contributed by atoms with E-state index < -0.39 is 5.97 Å². The molecule has 0 amide bonds. The van der Waals surface area contributed by atoms with E-state index in [0.717, 1.165) is 49.0 Å². The predicted octanol–water partition coefficient (Wildman–Crippen LogP) is 4.55. The number of rotatable bonds is 6. The lowest BCUT2D eigenvalue weighted by Gasteiger charge is -2.36. The van der Waals surface area contributed by atoms with E-state index in [-0.39, 0.29) is 5.92 Å². The van der Waals surface area contributed by atoms with Crippen molar-refractivity contribution in [2.45, 2.75) is 71.9 Å². The van der Waals surface area contributed by atoms with Gasteiger partial charge in [0.05, 0.1) is 29.6 Å². The number of aromatic nitrogens is 3. The van der Waals surface area contributed by atoms with E-state index in [0.29, 0.717) is 30.9 Å². The zero-order chi connectivity index (χ0) is 22.7.